The summed E-state index contributed by atoms with van der Waals surface area (Å²) in [5.41, 5.74) is 4.58. The summed E-state index contributed by atoms with van der Waals surface area (Å²) >= 11 is 5.74. The van der Waals surface area contributed by atoms with E-state index in [1.54, 1.807) is 0 Å². The average molecular weight is 434 g/mol. The first kappa shape index (κ1) is 20.3. The average Bonchev–Trinajstić information content (AvgIpc) is 3.41. The summed E-state index contributed by atoms with van der Waals surface area (Å²) in [4.78, 5) is 61.8. The molecule has 0 aromatic heterocycles. The van der Waals surface area contributed by atoms with Crippen molar-refractivity contribution in [3.63, 3.8) is 0 Å². The lowest BCUT2D eigenvalue weighted by molar-refractivity contribution is -0.155. The molecule has 30 heavy (non-hydrogen) atoms. The molecule has 10 heteroatoms. The number of halogens is 1. The van der Waals surface area contributed by atoms with E-state index in [1.807, 2.05) is 0 Å². The number of amides is 4. The molecule has 0 radical (unpaired) electrons. The van der Waals surface area contributed by atoms with Crippen molar-refractivity contribution in [1.82, 2.24) is 15.8 Å². The number of carbonyl (C=O) groups is 5. The highest BCUT2D eigenvalue weighted by atomic mass is 35.5. The highest BCUT2D eigenvalue weighted by molar-refractivity contribution is 6.30. The van der Waals surface area contributed by atoms with Gasteiger partial charge in [-0.2, -0.15) is 0 Å². The van der Waals surface area contributed by atoms with Crippen LogP contribution in [0.5, 0.6) is 0 Å². The van der Waals surface area contributed by atoms with Crippen LogP contribution in [0.2, 0.25) is 5.02 Å². The van der Waals surface area contributed by atoms with Gasteiger partial charge in [-0.15, -0.1) is 0 Å². The van der Waals surface area contributed by atoms with E-state index in [9.17, 15) is 24.0 Å². The van der Waals surface area contributed by atoms with Gasteiger partial charge in [0.05, 0.1) is 11.8 Å². The third kappa shape index (κ3) is 3.77. The number of fused-ring (bicyclic) bond motifs is 5. The maximum atomic E-state index is 12.6. The Kier molecular flexibility index (Phi) is 5.46. The smallest absolute Gasteiger partial charge is 0.326 e. The number of nitrogens with one attached hydrogen (secondary N) is 2. The third-order valence-electron chi connectivity index (χ3n) is 6.09. The quantitative estimate of drug-likeness (QED) is 0.400. The minimum Gasteiger partial charge on any atom is -0.454 e. The Labute approximate surface area is 177 Å². The zero-order chi connectivity index (χ0) is 21.4. The van der Waals surface area contributed by atoms with E-state index in [2.05, 4.69) is 10.9 Å². The first-order valence-corrected chi connectivity index (χ1v) is 10.1. The molecule has 1 aromatic carbocycles. The van der Waals surface area contributed by atoms with Crippen LogP contribution in [0.1, 0.15) is 29.6 Å². The predicted molar refractivity (Wildman–Crippen MR) is 103 cm³/mol. The van der Waals surface area contributed by atoms with Gasteiger partial charge in [-0.1, -0.05) is 11.6 Å². The molecule has 158 valence electrons. The van der Waals surface area contributed by atoms with Crippen LogP contribution < -0.4 is 10.9 Å². The van der Waals surface area contributed by atoms with E-state index in [0.717, 1.165) is 24.2 Å². The molecule has 4 atom stereocenters. The Hall–Kier alpha value is -2.94. The van der Waals surface area contributed by atoms with Gasteiger partial charge in [-0.25, -0.2) is 0 Å². The highest BCUT2D eigenvalue weighted by Gasteiger charge is 2.61. The van der Waals surface area contributed by atoms with Crippen LogP contribution in [0, 0.1) is 23.7 Å². The fourth-order valence-electron chi connectivity index (χ4n) is 4.78. The van der Waals surface area contributed by atoms with Gasteiger partial charge in [-0.05, 0) is 55.4 Å². The Morgan fingerprint density at radius 2 is 1.60 bits per heavy atom. The van der Waals surface area contributed by atoms with Crippen LogP contribution in [0.3, 0.4) is 0 Å². The molecule has 1 heterocycles. The highest BCUT2D eigenvalue weighted by Crippen LogP contribution is 2.56. The summed E-state index contributed by atoms with van der Waals surface area (Å²) in [5.74, 6) is -2.97. The number of hydrazine groups is 1. The zero-order valence-corrected chi connectivity index (χ0v) is 16.7. The molecule has 4 rings (SSSR count). The minimum atomic E-state index is -0.858. The number of rotatable bonds is 5. The van der Waals surface area contributed by atoms with Crippen LogP contribution in [0.15, 0.2) is 24.3 Å². The number of esters is 1. The topological polar surface area (TPSA) is 122 Å². The van der Waals surface area contributed by atoms with Crippen molar-refractivity contribution < 1.29 is 28.7 Å². The molecule has 2 N–H and O–H groups in total. The fraction of sp³-hybridized carbons (Fsp3) is 0.450. The van der Waals surface area contributed by atoms with Crippen molar-refractivity contribution in [2.45, 2.75) is 19.3 Å². The fourth-order valence-corrected chi connectivity index (χ4v) is 4.91. The minimum absolute atomic E-state index is 0.229. The number of imide groups is 1. The maximum Gasteiger partial charge on any atom is 0.326 e. The van der Waals surface area contributed by atoms with Crippen molar-refractivity contribution in [2.75, 3.05) is 13.2 Å². The second kappa shape index (κ2) is 8.06. The lowest BCUT2D eigenvalue weighted by Crippen LogP contribution is -2.44. The summed E-state index contributed by atoms with van der Waals surface area (Å²) in [6.45, 7) is -1.16. The van der Waals surface area contributed by atoms with Crippen molar-refractivity contribution in [3.05, 3.63) is 34.9 Å². The van der Waals surface area contributed by atoms with Crippen molar-refractivity contribution in [1.29, 1.82) is 0 Å². The Morgan fingerprint density at radius 1 is 1.00 bits per heavy atom. The number of ether oxygens (including phenoxy) is 1. The predicted octanol–water partition coefficient (Wildman–Crippen LogP) is 0.675. The lowest BCUT2D eigenvalue weighted by atomic mass is 9.81. The van der Waals surface area contributed by atoms with Gasteiger partial charge in [0.1, 0.15) is 6.54 Å². The molecule has 1 saturated heterocycles. The molecule has 3 fully saturated rings. The first-order valence-electron chi connectivity index (χ1n) is 9.70. The molecule has 0 spiro atoms. The number of hydrogen-bond acceptors (Lipinski definition) is 6. The number of likely N-dealkylation sites (tertiary alicyclic amines) is 1. The number of nitrogens with zero attached hydrogens (tertiary/aromatic N) is 1. The Balaban J connectivity index is 1.22. The first-order chi connectivity index (χ1) is 14.3. The molecule has 9 nitrogen and oxygen atoms in total. The van der Waals surface area contributed by atoms with Gasteiger partial charge in [0.25, 0.3) is 11.8 Å². The van der Waals surface area contributed by atoms with Gasteiger partial charge >= 0.3 is 5.97 Å². The van der Waals surface area contributed by atoms with Gasteiger partial charge in [-0.3, -0.25) is 39.7 Å². The maximum absolute atomic E-state index is 12.6. The molecule has 2 aliphatic carbocycles. The molecule has 1 aromatic rings. The SMILES string of the molecule is O=C(COC(=O)CN1C(=O)[C@@H]2[C@H]3CC[C@@H](C3)[C@H]2C1=O)NNC(=O)c1ccc(Cl)cc1. The third-order valence-corrected chi connectivity index (χ3v) is 6.34. The van der Waals surface area contributed by atoms with E-state index in [1.165, 1.54) is 24.3 Å². The van der Waals surface area contributed by atoms with E-state index in [-0.39, 0.29) is 41.0 Å². The lowest BCUT2D eigenvalue weighted by Gasteiger charge is -2.19. The molecule has 2 saturated carbocycles. The molecule has 2 bridgehead atoms. The van der Waals surface area contributed by atoms with Crippen LogP contribution in [0.4, 0.5) is 0 Å². The second-order valence-electron chi connectivity index (χ2n) is 7.82. The van der Waals surface area contributed by atoms with Crippen LogP contribution in [-0.4, -0.2) is 47.6 Å². The summed E-state index contributed by atoms with van der Waals surface area (Å²) < 4.78 is 4.84. The van der Waals surface area contributed by atoms with E-state index >= 15 is 0 Å². The van der Waals surface area contributed by atoms with Crippen molar-refractivity contribution in [3.8, 4) is 0 Å². The molecular weight excluding hydrogens is 414 g/mol. The van der Waals surface area contributed by atoms with Crippen LogP contribution in [-0.2, 0) is 23.9 Å². The standard InChI is InChI=1S/C20H20ClN3O6/c21-13-5-3-10(4-6-13)18(27)23-22-14(25)9-30-15(26)8-24-19(28)16-11-1-2-12(7-11)17(16)20(24)29/h3-6,11-12,16-17H,1-2,7-9H2,(H,22,25)(H,23,27)/t11-,12-,16+,17+/m0/s1. The summed E-state index contributed by atoms with van der Waals surface area (Å²) in [6.07, 6.45) is 2.81. The molecule has 4 amide bonds. The second-order valence-corrected chi connectivity index (χ2v) is 8.25. The largest absolute Gasteiger partial charge is 0.454 e. The number of hydrogen-bond donors (Lipinski definition) is 2. The molecule has 1 aliphatic heterocycles. The van der Waals surface area contributed by atoms with Gasteiger partial charge < -0.3 is 4.74 Å². The molecule has 3 aliphatic rings. The Bertz CT molecular complexity index is 890. The van der Waals surface area contributed by atoms with E-state index < -0.39 is 30.9 Å². The van der Waals surface area contributed by atoms with Crippen molar-refractivity contribution in [2.24, 2.45) is 23.7 Å². The van der Waals surface area contributed by atoms with Crippen molar-refractivity contribution >= 4 is 41.2 Å². The normalized spacial score (nSPS) is 26.5. The van der Waals surface area contributed by atoms with E-state index in [4.69, 9.17) is 16.3 Å². The van der Waals surface area contributed by atoms with Crippen LogP contribution in [0.25, 0.3) is 0 Å². The summed E-state index contributed by atoms with van der Waals surface area (Å²) in [6, 6.07) is 6.02. The Morgan fingerprint density at radius 3 is 2.20 bits per heavy atom. The van der Waals surface area contributed by atoms with E-state index in [0.29, 0.717) is 5.02 Å². The zero-order valence-electron chi connectivity index (χ0n) is 15.9. The van der Waals surface area contributed by atoms with Gasteiger partial charge in [0.15, 0.2) is 6.61 Å². The molecule has 0 unspecified atom stereocenters. The summed E-state index contributed by atoms with van der Waals surface area (Å²) in [7, 11) is 0. The number of carbonyl (C=O) groups excluding carboxylic acids is 5. The molecular formula is C20H20ClN3O6. The van der Waals surface area contributed by atoms with Crippen LogP contribution >= 0.6 is 11.6 Å². The van der Waals surface area contributed by atoms with Gasteiger partial charge in [0, 0.05) is 10.6 Å². The van der Waals surface area contributed by atoms with Gasteiger partial charge in [0.2, 0.25) is 11.8 Å². The number of benzene rings is 1. The monoisotopic (exact) mass is 433 g/mol. The summed E-state index contributed by atoms with van der Waals surface area (Å²) in [5, 5.41) is 0.466.